The highest BCUT2D eigenvalue weighted by molar-refractivity contribution is 6.31. The maximum atomic E-state index is 12.4. The summed E-state index contributed by atoms with van der Waals surface area (Å²) in [6, 6.07) is 12.7. The summed E-state index contributed by atoms with van der Waals surface area (Å²) in [6.07, 6.45) is 0. The van der Waals surface area contributed by atoms with Crippen LogP contribution >= 0.6 is 11.6 Å². The molecule has 0 bridgehead atoms. The van der Waals surface area contributed by atoms with Crippen molar-refractivity contribution in [1.29, 1.82) is 0 Å². The lowest BCUT2D eigenvalue weighted by Crippen LogP contribution is -2.20. The minimum Gasteiger partial charge on any atom is -0.422 e. The lowest BCUT2D eigenvalue weighted by molar-refractivity contribution is 0.100. The van der Waals surface area contributed by atoms with Crippen molar-refractivity contribution in [2.45, 2.75) is 6.92 Å². The Morgan fingerprint density at radius 2 is 1.88 bits per heavy atom. The van der Waals surface area contributed by atoms with Gasteiger partial charge < -0.3 is 9.73 Å². The number of hydrogen-bond donors (Lipinski definition) is 1. The molecule has 0 aliphatic rings. The number of benzene rings is 2. The number of carbonyl (C=O) groups excluding carboxylic acids is 2. The van der Waals surface area contributed by atoms with Crippen LogP contribution in [0.2, 0.25) is 5.02 Å². The van der Waals surface area contributed by atoms with Gasteiger partial charge in [0.25, 0.3) is 5.91 Å². The Labute approximate surface area is 141 Å². The maximum Gasteiger partial charge on any atom is 0.349 e. The number of hydrogen-bond acceptors (Lipinski definition) is 4. The topological polar surface area (TPSA) is 76.4 Å². The van der Waals surface area contributed by atoms with Gasteiger partial charge in [-0.05, 0) is 43.3 Å². The summed E-state index contributed by atoms with van der Waals surface area (Å²) in [6.45, 7) is 1.43. The molecular formula is C18H12ClNO4. The van der Waals surface area contributed by atoms with Crippen LogP contribution < -0.4 is 10.9 Å². The van der Waals surface area contributed by atoms with Gasteiger partial charge in [-0.1, -0.05) is 23.7 Å². The Bertz CT molecular complexity index is 1020. The number of Topliss-reactive ketones (excluding diaryl/α,β-unsaturated/α-hetero) is 1. The fourth-order valence-corrected chi connectivity index (χ4v) is 2.45. The molecule has 3 rings (SSSR count). The van der Waals surface area contributed by atoms with Gasteiger partial charge in [0.05, 0.1) is 0 Å². The van der Waals surface area contributed by atoms with Gasteiger partial charge in [0.15, 0.2) is 5.78 Å². The zero-order valence-electron chi connectivity index (χ0n) is 12.6. The minimum atomic E-state index is -0.745. The molecule has 0 aliphatic heterocycles. The van der Waals surface area contributed by atoms with Gasteiger partial charge in [0.2, 0.25) is 0 Å². The Hall–Kier alpha value is -2.92. The fraction of sp³-hybridized carbons (Fsp3) is 0.0556. The third-order valence-electron chi connectivity index (χ3n) is 3.47. The van der Waals surface area contributed by atoms with Crippen LogP contribution in [0.1, 0.15) is 27.6 Å². The zero-order chi connectivity index (χ0) is 17.3. The van der Waals surface area contributed by atoms with Gasteiger partial charge in [-0.15, -0.1) is 0 Å². The molecule has 0 unspecified atom stereocenters. The van der Waals surface area contributed by atoms with Crippen LogP contribution in [0.4, 0.5) is 5.69 Å². The molecule has 1 heterocycles. The highest BCUT2D eigenvalue weighted by Crippen LogP contribution is 2.19. The average Bonchev–Trinajstić information content (AvgIpc) is 2.54. The van der Waals surface area contributed by atoms with Crippen molar-refractivity contribution >= 4 is 39.9 Å². The monoisotopic (exact) mass is 341 g/mol. The molecule has 3 aromatic rings. The van der Waals surface area contributed by atoms with E-state index in [0.29, 0.717) is 27.2 Å². The molecule has 0 atom stereocenters. The van der Waals surface area contributed by atoms with Crippen molar-refractivity contribution in [3.63, 3.8) is 0 Å². The predicted octanol–water partition coefficient (Wildman–Crippen LogP) is 3.90. The first-order chi connectivity index (χ1) is 11.4. The largest absolute Gasteiger partial charge is 0.422 e. The van der Waals surface area contributed by atoms with Gasteiger partial charge in [-0.2, -0.15) is 0 Å². The number of fused-ring (bicyclic) bond motifs is 1. The first kappa shape index (κ1) is 16.0. The molecule has 1 aromatic heterocycles. The molecule has 0 fully saturated rings. The summed E-state index contributed by atoms with van der Waals surface area (Å²) in [5.41, 5.74) is 0.339. The summed E-state index contributed by atoms with van der Waals surface area (Å²) in [5.74, 6) is -0.739. The number of nitrogens with one attached hydrogen (secondary N) is 1. The summed E-state index contributed by atoms with van der Waals surface area (Å²) in [5, 5.41) is 3.60. The molecule has 1 amide bonds. The Kier molecular flexibility index (Phi) is 4.18. The van der Waals surface area contributed by atoms with E-state index in [-0.39, 0.29) is 11.3 Å². The standard InChI is InChI=1S/C18H12ClNO4/c1-10(21)11-3-2-4-14(8-11)20-17(22)15-9-12-7-13(19)5-6-16(12)24-18(15)23/h2-9H,1H3,(H,20,22). The van der Waals surface area contributed by atoms with Gasteiger partial charge >= 0.3 is 5.63 Å². The van der Waals surface area contributed by atoms with Crippen LogP contribution in [0.25, 0.3) is 11.0 Å². The second-order valence-corrected chi connectivity index (χ2v) is 5.66. The van der Waals surface area contributed by atoms with Crippen LogP contribution in [0, 0.1) is 0 Å². The first-order valence-electron chi connectivity index (χ1n) is 7.10. The van der Waals surface area contributed by atoms with E-state index < -0.39 is 11.5 Å². The summed E-state index contributed by atoms with van der Waals surface area (Å²) < 4.78 is 5.14. The first-order valence-corrected chi connectivity index (χ1v) is 7.47. The van der Waals surface area contributed by atoms with Crippen molar-refractivity contribution in [2.75, 3.05) is 5.32 Å². The minimum absolute atomic E-state index is 0.119. The van der Waals surface area contributed by atoms with E-state index in [1.54, 1.807) is 42.5 Å². The third-order valence-corrected chi connectivity index (χ3v) is 3.70. The zero-order valence-corrected chi connectivity index (χ0v) is 13.4. The summed E-state index contributed by atoms with van der Waals surface area (Å²) in [7, 11) is 0. The number of amides is 1. The van der Waals surface area contributed by atoms with Gasteiger partial charge in [-0.3, -0.25) is 9.59 Å². The third kappa shape index (κ3) is 3.21. The molecule has 5 nitrogen and oxygen atoms in total. The van der Waals surface area contributed by atoms with Crippen molar-refractivity contribution in [1.82, 2.24) is 0 Å². The van der Waals surface area contributed by atoms with Crippen LogP contribution in [-0.4, -0.2) is 11.7 Å². The molecule has 6 heteroatoms. The van der Waals surface area contributed by atoms with Crippen LogP contribution in [0.3, 0.4) is 0 Å². The number of carbonyl (C=O) groups is 2. The molecule has 1 N–H and O–H groups in total. The summed E-state index contributed by atoms with van der Waals surface area (Å²) >= 11 is 5.91. The maximum absolute atomic E-state index is 12.4. The van der Waals surface area contributed by atoms with E-state index >= 15 is 0 Å². The van der Waals surface area contributed by atoms with Crippen molar-refractivity contribution in [3.05, 3.63) is 75.1 Å². The quantitative estimate of drug-likeness (QED) is 0.579. The second kappa shape index (κ2) is 6.29. The molecule has 2 aromatic carbocycles. The van der Waals surface area contributed by atoms with Gasteiger partial charge in [0, 0.05) is 21.7 Å². The fourth-order valence-electron chi connectivity index (χ4n) is 2.27. The molecule has 0 aliphatic carbocycles. The number of halogens is 1. The van der Waals surface area contributed by atoms with Gasteiger partial charge in [0.1, 0.15) is 11.1 Å². The van der Waals surface area contributed by atoms with Crippen molar-refractivity contribution < 1.29 is 14.0 Å². The van der Waals surface area contributed by atoms with E-state index in [1.807, 2.05) is 0 Å². The molecule has 0 spiro atoms. The Morgan fingerprint density at radius 3 is 2.62 bits per heavy atom. The Morgan fingerprint density at radius 1 is 1.08 bits per heavy atom. The number of anilines is 1. The predicted molar refractivity (Wildman–Crippen MR) is 91.9 cm³/mol. The lowest BCUT2D eigenvalue weighted by atomic mass is 10.1. The van der Waals surface area contributed by atoms with Crippen LogP contribution in [0.15, 0.2) is 57.7 Å². The van der Waals surface area contributed by atoms with Gasteiger partial charge in [-0.25, -0.2) is 4.79 Å². The second-order valence-electron chi connectivity index (χ2n) is 5.22. The van der Waals surface area contributed by atoms with E-state index in [0.717, 1.165) is 0 Å². The molecule has 0 saturated heterocycles. The normalized spacial score (nSPS) is 10.6. The van der Waals surface area contributed by atoms with Crippen LogP contribution in [0.5, 0.6) is 0 Å². The Balaban J connectivity index is 1.96. The van der Waals surface area contributed by atoms with Crippen molar-refractivity contribution in [2.24, 2.45) is 0 Å². The van der Waals surface area contributed by atoms with Crippen molar-refractivity contribution in [3.8, 4) is 0 Å². The summed E-state index contributed by atoms with van der Waals surface area (Å²) in [4.78, 5) is 35.8. The molecular weight excluding hydrogens is 330 g/mol. The van der Waals surface area contributed by atoms with Crippen LogP contribution in [-0.2, 0) is 0 Å². The number of ketones is 1. The lowest BCUT2D eigenvalue weighted by Gasteiger charge is -2.06. The average molecular weight is 342 g/mol. The molecule has 0 radical (unpaired) electrons. The SMILES string of the molecule is CC(=O)c1cccc(NC(=O)c2cc3cc(Cl)ccc3oc2=O)c1. The molecule has 24 heavy (non-hydrogen) atoms. The van der Waals surface area contributed by atoms with E-state index in [2.05, 4.69) is 5.32 Å². The van der Waals surface area contributed by atoms with E-state index in [4.69, 9.17) is 16.0 Å². The highest BCUT2D eigenvalue weighted by Gasteiger charge is 2.14. The van der Waals surface area contributed by atoms with E-state index in [9.17, 15) is 14.4 Å². The number of rotatable bonds is 3. The smallest absolute Gasteiger partial charge is 0.349 e. The highest BCUT2D eigenvalue weighted by atomic mass is 35.5. The molecule has 0 saturated carbocycles. The molecule has 120 valence electrons. The van der Waals surface area contributed by atoms with E-state index in [1.165, 1.54) is 13.0 Å².